The molecule has 3 nitrogen and oxygen atoms in total. The van der Waals surface area contributed by atoms with Gasteiger partial charge in [0.25, 0.3) is 0 Å². The van der Waals surface area contributed by atoms with Gasteiger partial charge in [0, 0.05) is 38.3 Å². The van der Waals surface area contributed by atoms with Gasteiger partial charge in [-0.2, -0.15) is 0 Å². The van der Waals surface area contributed by atoms with Gasteiger partial charge < -0.3 is 15.0 Å². The van der Waals surface area contributed by atoms with E-state index in [0.29, 0.717) is 6.10 Å². The first-order valence-corrected chi connectivity index (χ1v) is 10.3. The van der Waals surface area contributed by atoms with E-state index in [-0.39, 0.29) is 0 Å². The van der Waals surface area contributed by atoms with Crippen LogP contribution in [0.4, 0.5) is 0 Å². The Morgan fingerprint density at radius 2 is 2.16 bits per heavy atom. The summed E-state index contributed by atoms with van der Waals surface area (Å²) in [6.45, 7) is 15.1. The lowest BCUT2D eigenvalue weighted by molar-refractivity contribution is 0.0198. The van der Waals surface area contributed by atoms with Crippen LogP contribution in [0.25, 0.3) is 0 Å². The second-order valence-electron chi connectivity index (χ2n) is 8.63. The van der Waals surface area contributed by atoms with Crippen molar-refractivity contribution in [1.82, 2.24) is 10.2 Å². The third-order valence-electron chi connectivity index (χ3n) is 6.82. The summed E-state index contributed by atoms with van der Waals surface area (Å²) in [5.74, 6) is 0.825. The fourth-order valence-electron chi connectivity index (χ4n) is 5.30. The van der Waals surface area contributed by atoms with E-state index in [4.69, 9.17) is 4.74 Å². The normalized spacial score (nSPS) is 27.7. The van der Waals surface area contributed by atoms with Crippen LogP contribution in [0.15, 0.2) is 34.5 Å². The molecule has 4 aliphatic rings. The zero-order valence-electron chi connectivity index (χ0n) is 16.1. The van der Waals surface area contributed by atoms with Crippen molar-refractivity contribution in [2.45, 2.75) is 58.3 Å². The van der Waals surface area contributed by atoms with E-state index >= 15 is 0 Å². The minimum absolute atomic E-state index is 0.317. The maximum absolute atomic E-state index is 5.82. The average Bonchev–Trinajstić information content (AvgIpc) is 2.95. The summed E-state index contributed by atoms with van der Waals surface area (Å²) < 4.78 is 5.82. The smallest absolute Gasteiger partial charge is 0.173 e. The zero-order chi connectivity index (χ0) is 17.4. The molecule has 1 unspecified atom stereocenters. The zero-order valence-corrected chi connectivity index (χ0v) is 16.1. The third kappa shape index (κ3) is 3.61. The molecule has 1 atom stereocenters. The molecule has 2 fully saturated rings. The first kappa shape index (κ1) is 17.4. The molecule has 1 aliphatic carbocycles. The number of hydrogen-bond acceptors (Lipinski definition) is 3. The molecule has 0 aromatic rings. The van der Waals surface area contributed by atoms with Crippen molar-refractivity contribution in [3.63, 3.8) is 0 Å². The highest BCUT2D eigenvalue weighted by Gasteiger charge is 2.33. The highest BCUT2D eigenvalue weighted by molar-refractivity contribution is 6.67. The van der Waals surface area contributed by atoms with Gasteiger partial charge in [0.05, 0.1) is 12.7 Å². The topological polar surface area (TPSA) is 24.5 Å². The van der Waals surface area contributed by atoms with Gasteiger partial charge in [0.15, 0.2) is 6.71 Å². The molecule has 0 radical (unpaired) electrons. The maximum Gasteiger partial charge on any atom is 0.173 e. The fourth-order valence-corrected chi connectivity index (χ4v) is 5.30. The molecule has 4 rings (SSSR count). The molecule has 0 saturated carbocycles. The number of nitrogens with one attached hydrogen (secondary N) is 1. The van der Waals surface area contributed by atoms with E-state index in [0.717, 1.165) is 38.7 Å². The van der Waals surface area contributed by atoms with Gasteiger partial charge in [0.1, 0.15) is 0 Å². The van der Waals surface area contributed by atoms with Crippen molar-refractivity contribution >= 4 is 6.71 Å². The van der Waals surface area contributed by atoms with E-state index in [9.17, 15) is 0 Å². The number of ether oxygens (including phenoxy) is 1. The highest BCUT2D eigenvalue weighted by atomic mass is 16.5. The van der Waals surface area contributed by atoms with Crippen molar-refractivity contribution in [2.75, 3.05) is 32.8 Å². The van der Waals surface area contributed by atoms with Gasteiger partial charge in [-0.3, -0.25) is 0 Å². The molecule has 0 aromatic carbocycles. The summed E-state index contributed by atoms with van der Waals surface area (Å²) in [6.07, 6.45) is 7.99. The van der Waals surface area contributed by atoms with Crippen molar-refractivity contribution in [3.05, 3.63) is 34.5 Å². The first-order chi connectivity index (χ1) is 12.1. The molecule has 1 N–H and O–H groups in total. The summed E-state index contributed by atoms with van der Waals surface area (Å²) in [6, 6.07) is 0. The lowest BCUT2D eigenvalue weighted by Gasteiger charge is -2.44. The average molecular weight is 340 g/mol. The molecule has 3 aliphatic heterocycles. The van der Waals surface area contributed by atoms with Crippen LogP contribution in [0.5, 0.6) is 0 Å². The van der Waals surface area contributed by atoms with Gasteiger partial charge in [-0.25, -0.2) is 0 Å². The molecule has 136 valence electrons. The first-order valence-electron chi connectivity index (χ1n) is 10.3. The van der Waals surface area contributed by atoms with Crippen molar-refractivity contribution in [1.29, 1.82) is 0 Å². The molecule has 3 heterocycles. The largest absolute Gasteiger partial charge is 0.375 e. The number of morpholine rings is 1. The van der Waals surface area contributed by atoms with Gasteiger partial charge in [-0.05, 0) is 38.5 Å². The van der Waals surface area contributed by atoms with Crippen LogP contribution < -0.4 is 5.32 Å². The van der Waals surface area contributed by atoms with Crippen LogP contribution >= 0.6 is 0 Å². The molecular weight excluding hydrogens is 307 g/mol. The Hall–Kier alpha value is -0.995. The number of hydrogen-bond donors (Lipinski definition) is 1. The molecule has 0 bridgehead atoms. The van der Waals surface area contributed by atoms with Crippen LogP contribution in [0.2, 0.25) is 13.1 Å². The molecule has 0 amide bonds. The van der Waals surface area contributed by atoms with Crippen molar-refractivity contribution in [2.24, 2.45) is 5.92 Å². The lowest BCUT2D eigenvalue weighted by Crippen LogP contribution is -2.47. The molecular formula is C21H33BN2O. The van der Waals surface area contributed by atoms with Gasteiger partial charge in [0.2, 0.25) is 0 Å². The minimum atomic E-state index is 0.317. The van der Waals surface area contributed by atoms with E-state index in [1.807, 2.05) is 0 Å². The Morgan fingerprint density at radius 3 is 2.92 bits per heavy atom. The van der Waals surface area contributed by atoms with Crippen LogP contribution in [-0.4, -0.2) is 50.5 Å². The fraction of sp³-hybridized carbons (Fsp3) is 0.714. The Balaban J connectivity index is 1.28. The molecule has 0 spiro atoms. The molecule has 25 heavy (non-hydrogen) atoms. The molecule has 2 saturated heterocycles. The molecule has 4 heteroatoms. The predicted molar refractivity (Wildman–Crippen MR) is 106 cm³/mol. The number of likely N-dealkylation sites (tertiary alicyclic amines) is 1. The highest BCUT2D eigenvalue weighted by Crippen LogP contribution is 2.42. The summed E-state index contributed by atoms with van der Waals surface area (Å²) >= 11 is 0. The van der Waals surface area contributed by atoms with Crippen LogP contribution in [0, 0.1) is 5.92 Å². The van der Waals surface area contributed by atoms with E-state index in [1.54, 1.807) is 22.2 Å². The van der Waals surface area contributed by atoms with E-state index in [2.05, 4.69) is 30.5 Å². The summed E-state index contributed by atoms with van der Waals surface area (Å²) in [7, 11) is 0. The van der Waals surface area contributed by atoms with Crippen LogP contribution in [-0.2, 0) is 4.74 Å². The monoisotopic (exact) mass is 340 g/mol. The number of rotatable bonds is 5. The Kier molecular flexibility index (Phi) is 5.10. The summed E-state index contributed by atoms with van der Waals surface area (Å²) in [4.78, 5) is 2.48. The Labute approximate surface area is 153 Å². The van der Waals surface area contributed by atoms with E-state index < -0.39 is 0 Å². The van der Waals surface area contributed by atoms with Crippen molar-refractivity contribution < 1.29 is 4.74 Å². The lowest BCUT2D eigenvalue weighted by atomic mass is 9.44. The second-order valence-corrected chi connectivity index (χ2v) is 8.63. The quantitative estimate of drug-likeness (QED) is 0.773. The molecule has 0 aromatic heterocycles. The maximum atomic E-state index is 5.82. The number of allylic oxidation sites excluding steroid dienone is 4. The standard InChI is InChI=1S/C21H33BN2O/c1-15(10-20-12-23-8-9-25-20)24-13-17(14-24)11-19-5-4-18-6-7-22(3)21(18)16(19)2/h17,20,23H,1,4-14H2,2-3H3. The van der Waals surface area contributed by atoms with Crippen LogP contribution in [0.1, 0.15) is 39.0 Å². The predicted octanol–water partition coefficient (Wildman–Crippen LogP) is 3.67. The van der Waals surface area contributed by atoms with Gasteiger partial charge in [-0.15, -0.1) is 0 Å². The summed E-state index contributed by atoms with van der Waals surface area (Å²) in [5.41, 5.74) is 8.20. The minimum Gasteiger partial charge on any atom is -0.375 e. The van der Waals surface area contributed by atoms with E-state index in [1.165, 1.54) is 50.8 Å². The number of nitrogens with zero attached hydrogens (tertiary/aromatic N) is 1. The van der Waals surface area contributed by atoms with Crippen LogP contribution in [0.3, 0.4) is 0 Å². The second kappa shape index (κ2) is 7.32. The third-order valence-corrected chi connectivity index (χ3v) is 6.82. The SMILES string of the molecule is C=C(CC1CNCCO1)N1CC(CC2=C(C)C3=C(CCB3C)CC2)C1. The van der Waals surface area contributed by atoms with Gasteiger partial charge >= 0.3 is 0 Å². The van der Waals surface area contributed by atoms with Crippen molar-refractivity contribution in [3.8, 4) is 0 Å². The Bertz CT molecular complexity index is 597. The van der Waals surface area contributed by atoms with Gasteiger partial charge in [-0.1, -0.05) is 41.9 Å². The Morgan fingerprint density at radius 1 is 1.32 bits per heavy atom. The summed E-state index contributed by atoms with van der Waals surface area (Å²) in [5, 5.41) is 3.41.